The molecule has 3 aromatic carbocycles. The van der Waals surface area contributed by atoms with Crippen LogP contribution in [-0.4, -0.2) is 0 Å². The standard InChI is InChI=1S/C24H10F18N2O2/c25-19(26,27)9-5-11(13(21(31,32)33)15(17(9)43)23(37,38)39)45-7-2-1-3-8(4-7)46-12-6-10(20(28,29)30)18(44)16(24(40,41)42)14(12)22(34,35)36/h1-6H,43-44H2. The molecule has 0 saturated heterocycles. The van der Waals surface area contributed by atoms with Gasteiger partial charge < -0.3 is 20.9 Å². The van der Waals surface area contributed by atoms with Crippen LogP contribution in [0.3, 0.4) is 0 Å². The maximum Gasteiger partial charge on any atom is 0.420 e. The van der Waals surface area contributed by atoms with Gasteiger partial charge in [0.05, 0.1) is 33.6 Å². The highest BCUT2D eigenvalue weighted by Crippen LogP contribution is 2.54. The molecule has 0 aliphatic carbocycles. The van der Waals surface area contributed by atoms with Gasteiger partial charge in [0, 0.05) is 6.07 Å². The van der Waals surface area contributed by atoms with Gasteiger partial charge >= 0.3 is 37.1 Å². The van der Waals surface area contributed by atoms with E-state index in [0.29, 0.717) is 18.2 Å². The van der Waals surface area contributed by atoms with Crippen molar-refractivity contribution in [3.63, 3.8) is 0 Å². The van der Waals surface area contributed by atoms with Crippen LogP contribution in [0.2, 0.25) is 0 Å². The lowest BCUT2D eigenvalue weighted by Gasteiger charge is -2.24. The quantitative estimate of drug-likeness (QED) is 0.210. The number of rotatable bonds is 4. The van der Waals surface area contributed by atoms with E-state index in [-0.39, 0.29) is 6.07 Å². The molecule has 0 heterocycles. The molecule has 0 spiro atoms. The Labute approximate surface area is 242 Å². The fraction of sp³-hybridized carbons (Fsp3) is 0.250. The van der Waals surface area contributed by atoms with Crippen molar-refractivity contribution in [2.75, 3.05) is 11.5 Å². The maximum atomic E-state index is 13.7. The highest BCUT2D eigenvalue weighted by atomic mass is 19.4. The first-order valence-corrected chi connectivity index (χ1v) is 11.3. The van der Waals surface area contributed by atoms with Crippen molar-refractivity contribution in [2.45, 2.75) is 37.1 Å². The number of hydrogen-bond donors (Lipinski definition) is 2. The van der Waals surface area contributed by atoms with Crippen LogP contribution in [0, 0.1) is 0 Å². The van der Waals surface area contributed by atoms with Crippen molar-refractivity contribution >= 4 is 11.4 Å². The Hall–Kier alpha value is -4.40. The van der Waals surface area contributed by atoms with Crippen LogP contribution in [-0.2, 0) is 37.1 Å². The minimum absolute atomic E-state index is 0.133. The summed E-state index contributed by atoms with van der Waals surface area (Å²) in [6.45, 7) is 0. The lowest BCUT2D eigenvalue weighted by Crippen LogP contribution is -2.23. The summed E-state index contributed by atoms with van der Waals surface area (Å²) in [7, 11) is 0. The second-order valence-corrected chi connectivity index (χ2v) is 8.84. The number of benzene rings is 3. The SMILES string of the molecule is Nc1c(C(F)(F)F)cc(Oc2cccc(Oc3cc(C(F)(F)F)c(N)c(C(F)(F)F)c3C(F)(F)F)c2)c(C(F)(F)F)c1C(F)(F)F. The molecule has 46 heavy (non-hydrogen) atoms. The minimum atomic E-state index is -6.19. The van der Waals surface area contributed by atoms with E-state index in [1.54, 1.807) is 0 Å². The molecule has 0 fully saturated rings. The van der Waals surface area contributed by atoms with E-state index in [4.69, 9.17) is 11.5 Å². The molecule has 0 amide bonds. The second kappa shape index (κ2) is 11.1. The number of nitrogens with two attached hydrogens (primary N) is 2. The lowest BCUT2D eigenvalue weighted by molar-refractivity contribution is -0.163. The van der Waals surface area contributed by atoms with E-state index in [0.717, 1.165) is 0 Å². The van der Waals surface area contributed by atoms with Gasteiger partial charge in [0.2, 0.25) is 0 Å². The molecule has 4 N–H and O–H groups in total. The Morgan fingerprint density at radius 3 is 0.913 bits per heavy atom. The predicted molar refractivity (Wildman–Crippen MR) is 118 cm³/mol. The van der Waals surface area contributed by atoms with Crippen molar-refractivity contribution in [1.82, 2.24) is 0 Å². The van der Waals surface area contributed by atoms with Crippen molar-refractivity contribution in [3.05, 3.63) is 69.8 Å². The number of hydrogen-bond acceptors (Lipinski definition) is 4. The molecule has 254 valence electrons. The van der Waals surface area contributed by atoms with Gasteiger partial charge in [-0.05, 0) is 24.3 Å². The van der Waals surface area contributed by atoms with Crippen LogP contribution in [0.4, 0.5) is 90.4 Å². The summed E-state index contributed by atoms with van der Waals surface area (Å²) in [4.78, 5) is 0. The zero-order valence-corrected chi connectivity index (χ0v) is 21.2. The molecule has 0 atom stereocenters. The van der Waals surface area contributed by atoms with Crippen molar-refractivity contribution in [3.8, 4) is 23.0 Å². The molecule has 22 heteroatoms. The Kier molecular flexibility index (Phi) is 8.74. The Morgan fingerprint density at radius 1 is 0.391 bits per heavy atom. The van der Waals surface area contributed by atoms with Crippen LogP contribution in [0.5, 0.6) is 23.0 Å². The first-order valence-electron chi connectivity index (χ1n) is 11.3. The van der Waals surface area contributed by atoms with Gasteiger partial charge in [-0.1, -0.05) is 6.07 Å². The third kappa shape index (κ3) is 7.35. The third-order valence-corrected chi connectivity index (χ3v) is 5.67. The highest BCUT2D eigenvalue weighted by molar-refractivity contribution is 5.67. The molecule has 0 radical (unpaired) electrons. The fourth-order valence-corrected chi connectivity index (χ4v) is 3.98. The van der Waals surface area contributed by atoms with E-state index in [2.05, 4.69) is 9.47 Å². The molecule has 3 aromatic rings. The molecule has 3 rings (SSSR count). The Balaban J connectivity index is 2.29. The summed E-state index contributed by atoms with van der Waals surface area (Å²) in [6.07, 6.45) is -36.2. The number of anilines is 2. The number of nitrogen functional groups attached to an aromatic ring is 2. The minimum Gasteiger partial charge on any atom is -0.457 e. The predicted octanol–water partition coefficient (Wildman–Crippen LogP) is 10.5. The average Bonchev–Trinajstić information content (AvgIpc) is 2.81. The van der Waals surface area contributed by atoms with Gasteiger partial charge in [0.1, 0.15) is 34.1 Å². The summed E-state index contributed by atoms with van der Waals surface area (Å²) < 4.78 is 253. The molecule has 0 saturated carbocycles. The van der Waals surface area contributed by atoms with Gasteiger partial charge in [0.25, 0.3) is 0 Å². The normalized spacial score (nSPS) is 13.6. The summed E-state index contributed by atoms with van der Waals surface area (Å²) in [5, 5.41) is 0. The zero-order valence-electron chi connectivity index (χ0n) is 21.2. The number of halogens is 18. The first-order chi connectivity index (χ1) is 20.5. The smallest absolute Gasteiger partial charge is 0.420 e. The zero-order chi connectivity index (χ0) is 35.6. The maximum absolute atomic E-state index is 13.7. The fourth-order valence-electron chi connectivity index (χ4n) is 3.98. The summed E-state index contributed by atoms with van der Waals surface area (Å²) in [5.41, 5.74) is -12.0. The average molecular weight is 700 g/mol. The second-order valence-electron chi connectivity index (χ2n) is 8.84. The largest absolute Gasteiger partial charge is 0.457 e. The van der Waals surface area contributed by atoms with Gasteiger partial charge in [0.15, 0.2) is 0 Å². The topological polar surface area (TPSA) is 70.5 Å². The molecular formula is C24H10F18N2O2. The first kappa shape index (κ1) is 36.1. The molecule has 0 unspecified atom stereocenters. The highest BCUT2D eigenvalue weighted by Gasteiger charge is 2.52. The van der Waals surface area contributed by atoms with E-state index in [1.165, 1.54) is 0 Å². The summed E-state index contributed by atoms with van der Waals surface area (Å²) in [6, 6.07) is 0.472. The number of alkyl halides is 18. The summed E-state index contributed by atoms with van der Waals surface area (Å²) in [5.74, 6) is -6.91. The molecular weight excluding hydrogens is 690 g/mol. The lowest BCUT2D eigenvalue weighted by atomic mass is 9.98. The third-order valence-electron chi connectivity index (χ3n) is 5.67. The monoisotopic (exact) mass is 700 g/mol. The Bertz CT molecular complexity index is 1510. The van der Waals surface area contributed by atoms with Gasteiger partial charge in [-0.15, -0.1) is 0 Å². The van der Waals surface area contributed by atoms with Crippen LogP contribution < -0.4 is 20.9 Å². The van der Waals surface area contributed by atoms with Gasteiger partial charge in [-0.25, -0.2) is 0 Å². The van der Waals surface area contributed by atoms with E-state index in [1.807, 2.05) is 0 Å². The van der Waals surface area contributed by atoms with E-state index < -0.39 is 117 Å². The van der Waals surface area contributed by atoms with Crippen LogP contribution in [0.1, 0.15) is 33.4 Å². The van der Waals surface area contributed by atoms with E-state index in [9.17, 15) is 79.0 Å². The van der Waals surface area contributed by atoms with Gasteiger partial charge in [-0.2, -0.15) is 79.0 Å². The molecule has 0 bridgehead atoms. The van der Waals surface area contributed by atoms with Crippen LogP contribution in [0.15, 0.2) is 36.4 Å². The van der Waals surface area contributed by atoms with E-state index >= 15 is 0 Å². The van der Waals surface area contributed by atoms with Crippen molar-refractivity contribution in [1.29, 1.82) is 0 Å². The molecule has 0 aliphatic heterocycles. The van der Waals surface area contributed by atoms with Crippen molar-refractivity contribution < 1.29 is 88.5 Å². The molecule has 4 nitrogen and oxygen atoms in total. The van der Waals surface area contributed by atoms with Crippen LogP contribution >= 0.6 is 0 Å². The van der Waals surface area contributed by atoms with Crippen LogP contribution in [0.25, 0.3) is 0 Å². The van der Waals surface area contributed by atoms with Crippen molar-refractivity contribution in [2.24, 2.45) is 0 Å². The Morgan fingerprint density at radius 2 is 0.674 bits per heavy atom. The van der Waals surface area contributed by atoms with Gasteiger partial charge in [-0.3, -0.25) is 0 Å². The molecule has 0 aromatic heterocycles. The molecule has 0 aliphatic rings. The number of ether oxygens (including phenoxy) is 2. The summed E-state index contributed by atoms with van der Waals surface area (Å²) >= 11 is 0.